The maximum Gasteiger partial charge on any atom is 0.227 e. The molecule has 0 spiro atoms. The quantitative estimate of drug-likeness (QED) is 0.939. The number of halogens is 1. The Bertz CT molecular complexity index is 441. The smallest absolute Gasteiger partial charge is 0.227 e. The molecule has 0 bridgehead atoms. The van der Waals surface area contributed by atoms with Gasteiger partial charge in [0.1, 0.15) is 0 Å². The Balaban J connectivity index is 2.13. The number of thiophene rings is 1. The Morgan fingerprint density at radius 1 is 1.47 bits per heavy atom. The van der Waals surface area contributed by atoms with Crippen LogP contribution in [0, 0.1) is 0 Å². The zero-order valence-electron chi connectivity index (χ0n) is 7.81. The first-order valence-corrected chi connectivity index (χ1v) is 6.09. The second-order valence-electron chi connectivity index (χ2n) is 2.94. The number of nitrogens with zero attached hydrogens (tertiary/aromatic N) is 2. The van der Waals surface area contributed by atoms with Crippen LogP contribution in [0.2, 0.25) is 0 Å². The maximum atomic E-state index is 8.66. The van der Waals surface area contributed by atoms with Gasteiger partial charge in [-0.3, -0.25) is 0 Å². The van der Waals surface area contributed by atoms with Crippen LogP contribution >= 0.6 is 27.3 Å². The van der Waals surface area contributed by atoms with Crippen molar-refractivity contribution in [3.05, 3.63) is 21.8 Å². The Labute approximate surface area is 99.1 Å². The van der Waals surface area contributed by atoms with Crippen molar-refractivity contribution in [2.24, 2.45) is 0 Å². The number of hydrogen-bond acceptors (Lipinski definition) is 5. The van der Waals surface area contributed by atoms with E-state index >= 15 is 0 Å². The first-order valence-electron chi connectivity index (χ1n) is 4.49. The molecule has 0 aromatic carbocycles. The highest BCUT2D eigenvalue weighted by Gasteiger charge is 2.09. The summed E-state index contributed by atoms with van der Waals surface area (Å²) in [4.78, 5) is 5.21. The van der Waals surface area contributed by atoms with Crippen molar-refractivity contribution >= 4 is 27.3 Å². The standard InChI is InChI=1S/C9H9BrN2O2S/c10-7-4-3-6(15-7)9-11-8(14-12-9)2-1-5-13/h3-4,13H,1-2,5H2. The topological polar surface area (TPSA) is 59.2 Å². The zero-order valence-corrected chi connectivity index (χ0v) is 10.2. The predicted molar refractivity (Wildman–Crippen MR) is 60.7 cm³/mol. The molecule has 0 atom stereocenters. The number of aryl methyl sites for hydroxylation is 1. The number of aliphatic hydroxyl groups excluding tert-OH is 1. The molecule has 1 N–H and O–H groups in total. The monoisotopic (exact) mass is 288 g/mol. The molecule has 0 radical (unpaired) electrons. The molecule has 0 aliphatic heterocycles. The molecule has 0 amide bonds. The summed E-state index contributed by atoms with van der Waals surface area (Å²) in [7, 11) is 0. The molecule has 15 heavy (non-hydrogen) atoms. The van der Waals surface area contributed by atoms with Crippen molar-refractivity contribution in [1.82, 2.24) is 10.1 Å². The Morgan fingerprint density at radius 2 is 2.33 bits per heavy atom. The van der Waals surface area contributed by atoms with E-state index in [2.05, 4.69) is 26.1 Å². The second kappa shape index (κ2) is 4.87. The minimum atomic E-state index is 0.141. The van der Waals surface area contributed by atoms with Gasteiger partial charge in [-0.25, -0.2) is 0 Å². The first kappa shape index (κ1) is 10.8. The SMILES string of the molecule is OCCCc1nc(-c2ccc(Br)s2)no1. The maximum absolute atomic E-state index is 8.66. The Hall–Kier alpha value is -0.720. The van der Waals surface area contributed by atoms with E-state index in [0.29, 0.717) is 24.6 Å². The third kappa shape index (κ3) is 2.64. The van der Waals surface area contributed by atoms with Crippen molar-refractivity contribution in [3.63, 3.8) is 0 Å². The molecule has 0 unspecified atom stereocenters. The van der Waals surface area contributed by atoms with Gasteiger partial charge in [0.15, 0.2) is 0 Å². The highest BCUT2D eigenvalue weighted by molar-refractivity contribution is 9.11. The molecule has 2 rings (SSSR count). The lowest BCUT2D eigenvalue weighted by atomic mass is 10.3. The zero-order chi connectivity index (χ0) is 10.7. The van der Waals surface area contributed by atoms with Gasteiger partial charge >= 0.3 is 0 Å². The van der Waals surface area contributed by atoms with E-state index in [0.717, 1.165) is 8.66 Å². The molecule has 0 saturated carbocycles. The summed E-state index contributed by atoms with van der Waals surface area (Å²) in [5.41, 5.74) is 0. The van der Waals surface area contributed by atoms with Gasteiger partial charge in [-0.2, -0.15) is 4.98 Å². The fraction of sp³-hybridized carbons (Fsp3) is 0.333. The molecule has 2 aromatic heterocycles. The van der Waals surface area contributed by atoms with Crippen LogP contribution in [0.4, 0.5) is 0 Å². The summed E-state index contributed by atoms with van der Waals surface area (Å²) >= 11 is 4.94. The van der Waals surface area contributed by atoms with Crippen molar-refractivity contribution in [2.75, 3.05) is 6.61 Å². The van der Waals surface area contributed by atoms with Gasteiger partial charge in [-0.15, -0.1) is 11.3 Å². The lowest BCUT2D eigenvalue weighted by Crippen LogP contribution is -1.89. The third-order valence-electron chi connectivity index (χ3n) is 1.81. The van der Waals surface area contributed by atoms with Gasteiger partial charge in [0, 0.05) is 13.0 Å². The van der Waals surface area contributed by atoms with Crippen LogP contribution in [0.3, 0.4) is 0 Å². The van der Waals surface area contributed by atoms with E-state index in [1.54, 1.807) is 11.3 Å². The molecule has 6 heteroatoms. The molecule has 2 heterocycles. The molecule has 2 aromatic rings. The van der Waals surface area contributed by atoms with E-state index in [-0.39, 0.29) is 6.61 Å². The van der Waals surface area contributed by atoms with Crippen LogP contribution in [0.1, 0.15) is 12.3 Å². The molecule has 0 fully saturated rings. The van der Waals surface area contributed by atoms with E-state index < -0.39 is 0 Å². The highest BCUT2D eigenvalue weighted by atomic mass is 79.9. The summed E-state index contributed by atoms with van der Waals surface area (Å²) in [6.45, 7) is 0.141. The fourth-order valence-corrected chi connectivity index (χ4v) is 2.43. The van der Waals surface area contributed by atoms with Crippen LogP contribution in [0.5, 0.6) is 0 Å². The summed E-state index contributed by atoms with van der Waals surface area (Å²) in [5, 5.41) is 12.5. The Kier molecular flexibility index (Phi) is 3.50. The van der Waals surface area contributed by atoms with Gasteiger partial charge in [-0.05, 0) is 34.5 Å². The van der Waals surface area contributed by atoms with Gasteiger partial charge in [0.25, 0.3) is 0 Å². The predicted octanol–water partition coefficient (Wildman–Crippen LogP) is 2.49. The average molecular weight is 289 g/mol. The van der Waals surface area contributed by atoms with Gasteiger partial charge in [0.05, 0.1) is 8.66 Å². The van der Waals surface area contributed by atoms with Crippen molar-refractivity contribution in [3.8, 4) is 10.7 Å². The summed E-state index contributed by atoms with van der Waals surface area (Å²) in [6, 6.07) is 3.89. The van der Waals surface area contributed by atoms with E-state index in [4.69, 9.17) is 9.63 Å². The highest BCUT2D eigenvalue weighted by Crippen LogP contribution is 2.29. The largest absolute Gasteiger partial charge is 0.396 e. The van der Waals surface area contributed by atoms with Crippen LogP contribution in [-0.4, -0.2) is 21.9 Å². The molecule has 80 valence electrons. The number of aliphatic hydroxyl groups is 1. The van der Waals surface area contributed by atoms with E-state index in [1.807, 2.05) is 12.1 Å². The molecular weight excluding hydrogens is 280 g/mol. The molecule has 0 saturated heterocycles. The van der Waals surface area contributed by atoms with Crippen LogP contribution in [-0.2, 0) is 6.42 Å². The normalized spacial score (nSPS) is 10.8. The number of aromatic nitrogens is 2. The van der Waals surface area contributed by atoms with Gasteiger partial charge in [0.2, 0.25) is 11.7 Å². The summed E-state index contributed by atoms with van der Waals surface area (Å²) in [6.07, 6.45) is 1.27. The second-order valence-corrected chi connectivity index (χ2v) is 5.41. The van der Waals surface area contributed by atoms with E-state index in [9.17, 15) is 0 Å². The number of rotatable bonds is 4. The Morgan fingerprint density at radius 3 is 3.00 bits per heavy atom. The lowest BCUT2D eigenvalue weighted by molar-refractivity contribution is 0.278. The minimum Gasteiger partial charge on any atom is -0.396 e. The van der Waals surface area contributed by atoms with Crippen molar-refractivity contribution < 1.29 is 9.63 Å². The van der Waals surface area contributed by atoms with Gasteiger partial charge < -0.3 is 9.63 Å². The van der Waals surface area contributed by atoms with Crippen molar-refractivity contribution in [1.29, 1.82) is 0 Å². The molecular formula is C9H9BrN2O2S. The minimum absolute atomic E-state index is 0.141. The van der Waals surface area contributed by atoms with Gasteiger partial charge in [-0.1, -0.05) is 5.16 Å². The van der Waals surface area contributed by atoms with Crippen molar-refractivity contribution in [2.45, 2.75) is 12.8 Å². The molecule has 4 nitrogen and oxygen atoms in total. The third-order valence-corrected chi connectivity index (χ3v) is 3.43. The van der Waals surface area contributed by atoms with Crippen LogP contribution in [0.25, 0.3) is 10.7 Å². The first-order chi connectivity index (χ1) is 7.29. The van der Waals surface area contributed by atoms with Crippen LogP contribution in [0.15, 0.2) is 20.4 Å². The average Bonchev–Trinajstić information content (AvgIpc) is 2.83. The van der Waals surface area contributed by atoms with E-state index in [1.165, 1.54) is 0 Å². The fourth-order valence-electron chi connectivity index (χ4n) is 1.12. The molecule has 0 aliphatic carbocycles. The number of hydrogen-bond donors (Lipinski definition) is 1. The van der Waals surface area contributed by atoms with Crippen LogP contribution < -0.4 is 0 Å². The summed E-state index contributed by atoms with van der Waals surface area (Å²) < 4.78 is 6.09. The lowest BCUT2D eigenvalue weighted by Gasteiger charge is -1.87. The summed E-state index contributed by atoms with van der Waals surface area (Å²) in [5.74, 6) is 1.18. The molecule has 0 aliphatic rings.